The van der Waals surface area contributed by atoms with Crippen LogP contribution in [-0.2, 0) is 11.2 Å². The fraction of sp³-hybridized carbons (Fsp3) is 0.238. The van der Waals surface area contributed by atoms with Gasteiger partial charge in [-0.3, -0.25) is 4.79 Å². The van der Waals surface area contributed by atoms with Crippen molar-refractivity contribution in [3.8, 4) is 22.8 Å². The number of nitrogens with zero attached hydrogens (tertiary/aromatic N) is 1. The molecule has 0 radical (unpaired) electrons. The number of para-hydroxylation sites is 2. The van der Waals surface area contributed by atoms with E-state index in [-0.39, 0.29) is 12.4 Å². The summed E-state index contributed by atoms with van der Waals surface area (Å²) in [4.78, 5) is 16.4. The predicted molar refractivity (Wildman–Crippen MR) is 98.2 cm³/mol. The van der Waals surface area contributed by atoms with Crippen LogP contribution in [0.4, 0.5) is 0 Å². The number of esters is 1. The van der Waals surface area contributed by atoms with E-state index in [2.05, 4.69) is 4.98 Å². The molecule has 0 aliphatic carbocycles. The van der Waals surface area contributed by atoms with Gasteiger partial charge >= 0.3 is 5.97 Å². The Kier molecular flexibility index (Phi) is 5.69. The van der Waals surface area contributed by atoms with E-state index in [0.717, 1.165) is 5.56 Å². The summed E-state index contributed by atoms with van der Waals surface area (Å²) in [6, 6.07) is 15.1. The number of rotatable bonds is 7. The number of oxazole rings is 1. The molecule has 0 unspecified atom stereocenters. The molecule has 0 N–H and O–H groups in total. The first kappa shape index (κ1) is 17.7. The molecule has 3 aromatic rings. The molecule has 1 aromatic heterocycles. The Morgan fingerprint density at radius 2 is 1.81 bits per heavy atom. The lowest BCUT2D eigenvalue weighted by Gasteiger charge is -2.09. The van der Waals surface area contributed by atoms with Crippen LogP contribution in [0.1, 0.15) is 24.8 Å². The quantitative estimate of drug-likeness (QED) is 0.460. The summed E-state index contributed by atoms with van der Waals surface area (Å²) in [6.07, 6.45) is 2.23. The molecule has 0 aliphatic heterocycles. The van der Waals surface area contributed by atoms with Crippen LogP contribution >= 0.6 is 0 Å². The number of aromatic nitrogens is 1. The van der Waals surface area contributed by atoms with E-state index in [4.69, 9.17) is 13.9 Å². The zero-order valence-corrected chi connectivity index (χ0v) is 14.9. The molecule has 26 heavy (non-hydrogen) atoms. The maximum atomic E-state index is 12.1. The average Bonchev–Trinajstić information content (AvgIpc) is 3.11. The largest absolute Gasteiger partial charge is 0.490 e. The van der Waals surface area contributed by atoms with E-state index >= 15 is 0 Å². The third-order valence-electron chi connectivity index (χ3n) is 3.81. The monoisotopic (exact) mass is 351 g/mol. The van der Waals surface area contributed by atoms with Gasteiger partial charge in [-0.25, -0.2) is 4.98 Å². The molecule has 134 valence electrons. The van der Waals surface area contributed by atoms with Crippen LogP contribution in [0, 0.1) is 6.92 Å². The summed E-state index contributed by atoms with van der Waals surface area (Å²) in [5, 5.41) is 0. The van der Waals surface area contributed by atoms with E-state index in [1.807, 2.05) is 44.2 Å². The van der Waals surface area contributed by atoms with Crippen LogP contribution < -0.4 is 9.47 Å². The van der Waals surface area contributed by atoms with E-state index in [9.17, 15) is 4.79 Å². The van der Waals surface area contributed by atoms with Crippen molar-refractivity contribution in [1.82, 2.24) is 4.98 Å². The number of hydrogen-bond acceptors (Lipinski definition) is 5. The second kappa shape index (κ2) is 8.34. The summed E-state index contributed by atoms with van der Waals surface area (Å²) >= 11 is 0. The normalized spacial score (nSPS) is 10.5. The SMILES string of the molecule is CCOc1ccccc1OC(=O)CCc1ncc(-c2ccc(C)cc2)o1. The summed E-state index contributed by atoms with van der Waals surface area (Å²) < 4.78 is 16.6. The second-order valence-corrected chi connectivity index (χ2v) is 5.84. The summed E-state index contributed by atoms with van der Waals surface area (Å²) in [5.74, 6) is 1.83. The van der Waals surface area contributed by atoms with Gasteiger partial charge in [0.2, 0.25) is 0 Å². The van der Waals surface area contributed by atoms with Gasteiger partial charge in [0.15, 0.2) is 23.1 Å². The Balaban J connectivity index is 1.58. The molecular formula is C21H21NO4. The van der Waals surface area contributed by atoms with Crippen molar-refractivity contribution in [1.29, 1.82) is 0 Å². The van der Waals surface area contributed by atoms with Gasteiger partial charge in [0.1, 0.15) is 0 Å². The van der Waals surface area contributed by atoms with Gasteiger partial charge in [-0.15, -0.1) is 0 Å². The first-order valence-corrected chi connectivity index (χ1v) is 8.60. The lowest BCUT2D eigenvalue weighted by Crippen LogP contribution is -2.10. The zero-order valence-electron chi connectivity index (χ0n) is 14.9. The molecule has 5 nitrogen and oxygen atoms in total. The van der Waals surface area contributed by atoms with Crippen molar-refractivity contribution in [2.45, 2.75) is 26.7 Å². The lowest BCUT2D eigenvalue weighted by molar-refractivity contribution is -0.134. The van der Waals surface area contributed by atoms with Gasteiger partial charge in [-0.2, -0.15) is 0 Å². The third-order valence-corrected chi connectivity index (χ3v) is 3.81. The van der Waals surface area contributed by atoms with Crippen molar-refractivity contribution in [2.24, 2.45) is 0 Å². The molecule has 5 heteroatoms. The highest BCUT2D eigenvalue weighted by Gasteiger charge is 2.12. The summed E-state index contributed by atoms with van der Waals surface area (Å²) in [7, 11) is 0. The fourth-order valence-corrected chi connectivity index (χ4v) is 2.47. The van der Waals surface area contributed by atoms with Gasteiger partial charge < -0.3 is 13.9 Å². The molecule has 0 saturated heterocycles. The second-order valence-electron chi connectivity index (χ2n) is 5.84. The maximum Gasteiger partial charge on any atom is 0.311 e. The van der Waals surface area contributed by atoms with Crippen LogP contribution in [0.15, 0.2) is 59.1 Å². The van der Waals surface area contributed by atoms with Gasteiger partial charge in [0.05, 0.1) is 19.2 Å². The Hall–Kier alpha value is -3.08. The standard InChI is InChI=1S/C21H21NO4/c1-3-24-17-6-4-5-7-18(17)26-21(23)13-12-20-22-14-19(25-20)16-10-8-15(2)9-11-16/h4-11,14H,3,12-13H2,1-2H3. The topological polar surface area (TPSA) is 61.6 Å². The molecule has 3 rings (SSSR count). The number of carbonyl (C=O) groups excluding carboxylic acids is 1. The summed E-state index contributed by atoms with van der Waals surface area (Å²) in [6.45, 7) is 4.42. The number of hydrogen-bond donors (Lipinski definition) is 0. The first-order chi connectivity index (χ1) is 12.7. The Bertz CT molecular complexity index is 868. The molecule has 0 atom stereocenters. The zero-order chi connectivity index (χ0) is 18.4. The molecular weight excluding hydrogens is 330 g/mol. The highest BCUT2D eigenvalue weighted by atomic mass is 16.6. The van der Waals surface area contributed by atoms with Gasteiger partial charge in [0.25, 0.3) is 0 Å². The third kappa shape index (κ3) is 4.51. The Labute approximate surface area is 152 Å². The molecule has 0 amide bonds. The van der Waals surface area contributed by atoms with Crippen LogP contribution in [0.3, 0.4) is 0 Å². The molecule has 1 heterocycles. The van der Waals surface area contributed by atoms with Crippen molar-refractivity contribution in [2.75, 3.05) is 6.61 Å². The maximum absolute atomic E-state index is 12.1. The van der Waals surface area contributed by atoms with Crippen molar-refractivity contribution in [3.05, 3.63) is 66.2 Å². The van der Waals surface area contributed by atoms with E-state index in [1.165, 1.54) is 5.56 Å². The van der Waals surface area contributed by atoms with Crippen molar-refractivity contribution < 1.29 is 18.7 Å². The first-order valence-electron chi connectivity index (χ1n) is 8.60. The predicted octanol–water partition coefficient (Wildman–Crippen LogP) is 4.59. The van der Waals surface area contributed by atoms with Crippen LogP contribution in [-0.4, -0.2) is 17.6 Å². The Morgan fingerprint density at radius 3 is 2.54 bits per heavy atom. The molecule has 0 fully saturated rings. The molecule has 0 saturated carbocycles. The molecule has 0 spiro atoms. The minimum Gasteiger partial charge on any atom is -0.490 e. The van der Waals surface area contributed by atoms with Gasteiger partial charge in [-0.05, 0) is 26.0 Å². The van der Waals surface area contributed by atoms with E-state index < -0.39 is 0 Å². The summed E-state index contributed by atoms with van der Waals surface area (Å²) in [5.41, 5.74) is 2.14. The number of benzene rings is 2. The molecule has 0 aliphatic rings. The lowest BCUT2D eigenvalue weighted by atomic mass is 10.1. The van der Waals surface area contributed by atoms with Crippen LogP contribution in [0.5, 0.6) is 11.5 Å². The van der Waals surface area contributed by atoms with Gasteiger partial charge in [-0.1, -0.05) is 42.0 Å². The minimum absolute atomic E-state index is 0.175. The highest BCUT2D eigenvalue weighted by molar-refractivity contribution is 5.73. The van der Waals surface area contributed by atoms with E-state index in [1.54, 1.807) is 24.4 Å². The highest BCUT2D eigenvalue weighted by Crippen LogP contribution is 2.27. The fourth-order valence-electron chi connectivity index (χ4n) is 2.47. The smallest absolute Gasteiger partial charge is 0.311 e. The molecule has 0 bridgehead atoms. The van der Waals surface area contributed by atoms with Crippen molar-refractivity contribution in [3.63, 3.8) is 0 Å². The molecule has 2 aromatic carbocycles. The number of ether oxygens (including phenoxy) is 2. The van der Waals surface area contributed by atoms with Crippen molar-refractivity contribution >= 4 is 5.97 Å². The number of carbonyl (C=O) groups is 1. The number of aryl methyl sites for hydroxylation is 2. The van der Waals surface area contributed by atoms with Crippen LogP contribution in [0.25, 0.3) is 11.3 Å². The van der Waals surface area contributed by atoms with Gasteiger partial charge in [0, 0.05) is 12.0 Å². The van der Waals surface area contributed by atoms with E-state index in [0.29, 0.717) is 36.2 Å². The van der Waals surface area contributed by atoms with Crippen LogP contribution in [0.2, 0.25) is 0 Å². The Morgan fingerprint density at radius 1 is 1.08 bits per heavy atom. The minimum atomic E-state index is -0.354. The average molecular weight is 351 g/mol.